The number of methoxy groups -OCH3 is 1. The van der Waals surface area contributed by atoms with Crippen molar-refractivity contribution in [3.63, 3.8) is 0 Å². The molecule has 94 valence electrons. The number of anilines is 2. The normalized spacial score (nSPS) is 17.9. The number of nitrogens with one attached hydrogen (secondary N) is 2. The Morgan fingerprint density at radius 3 is 3.06 bits per heavy atom. The topological polar surface area (TPSA) is 42.5 Å². The van der Waals surface area contributed by atoms with Gasteiger partial charge in [0.2, 0.25) is 0 Å². The highest BCUT2D eigenvalue weighted by Gasteiger charge is 2.19. The van der Waals surface area contributed by atoms with Crippen LogP contribution in [0, 0.1) is 0 Å². The lowest BCUT2D eigenvalue weighted by Gasteiger charge is -2.29. The molecular weight excluding hydrogens is 216 g/mol. The van der Waals surface area contributed by atoms with Gasteiger partial charge in [-0.25, -0.2) is 0 Å². The van der Waals surface area contributed by atoms with Crippen LogP contribution in [0.5, 0.6) is 5.75 Å². The molecule has 0 saturated heterocycles. The van der Waals surface area contributed by atoms with Crippen LogP contribution in [0.4, 0.5) is 11.4 Å². The maximum atomic E-state index is 5.72. The van der Waals surface area contributed by atoms with Crippen molar-refractivity contribution in [2.45, 2.75) is 19.4 Å². The van der Waals surface area contributed by atoms with Crippen LogP contribution in [0.15, 0.2) is 18.2 Å². The van der Waals surface area contributed by atoms with E-state index in [1.54, 1.807) is 7.11 Å². The SMILES string of the molecule is CCCOc1cccc2c1NCC(COC)N2. The van der Waals surface area contributed by atoms with Crippen LogP contribution in [0.25, 0.3) is 0 Å². The minimum Gasteiger partial charge on any atom is -0.491 e. The maximum absolute atomic E-state index is 5.72. The molecule has 0 fully saturated rings. The van der Waals surface area contributed by atoms with Crippen LogP contribution in [0.2, 0.25) is 0 Å². The van der Waals surface area contributed by atoms with E-state index in [1.165, 1.54) is 0 Å². The maximum Gasteiger partial charge on any atom is 0.144 e. The monoisotopic (exact) mass is 236 g/mol. The summed E-state index contributed by atoms with van der Waals surface area (Å²) in [4.78, 5) is 0. The molecule has 0 saturated carbocycles. The van der Waals surface area contributed by atoms with Crippen LogP contribution in [-0.4, -0.2) is 32.9 Å². The van der Waals surface area contributed by atoms with Gasteiger partial charge >= 0.3 is 0 Å². The summed E-state index contributed by atoms with van der Waals surface area (Å²) in [5, 5.41) is 6.85. The largest absolute Gasteiger partial charge is 0.491 e. The average molecular weight is 236 g/mol. The fraction of sp³-hybridized carbons (Fsp3) is 0.538. The van der Waals surface area contributed by atoms with E-state index in [4.69, 9.17) is 9.47 Å². The van der Waals surface area contributed by atoms with Gasteiger partial charge in [0.15, 0.2) is 0 Å². The minimum atomic E-state index is 0.314. The predicted molar refractivity (Wildman–Crippen MR) is 70.0 cm³/mol. The van der Waals surface area contributed by atoms with Crippen LogP contribution >= 0.6 is 0 Å². The Balaban J connectivity index is 2.11. The van der Waals surface area contributed by atoms with E-state index in [0.29, 0.717) is 12.6 Å². The Bertz CT molecular complexity index is 368. The van der Waals surface area contributed by atoms with Gasteiger partial charge < -0.3 is 20.1 Å². The van der Waals surface area contributed by atoms with E-state index < -0.39 is 0 Å². The zero-order valence-electron chi connectivity index (χ0n) is 10.5. The molecular formula is C13H20N2O2. The number of para-hydroxylation sites is 1. The van der Waals surface area contributed by atoms with Gasteiger partial charge in [0.25, 0.3) is 0 Å². The minimum absolute atomic E-state index is 0.314. The highest BCUT2D eigenvalue weighted by molar-refractivity contribution is 5.77. The first kappa shape index (κ1) is 12.0. The van der Waals surface area contributed by atoms with E-state index >= 15 is 0 Å². The third kappa shape index (κ3) is 2.82. The standard InChI is InChI=1S/C13H20N2O2/c1-3-7-17-12-6-4-5-11-13(12)14-8-10(15-11)9-16-2/h4-6,10,14-15H,3,7-9H2,1-2H3. The molecule has 0 bridgehead atoms. The molecule has 0 spiro atoms. The summed E-state index contributed by atoms with van der Waals surface area (Å²) in [7, 11) is 1.72. The lowest BCUT2D eigenvalue weighted by atomic mass is 10.1. The first-order chi connectivity index (χ1) is 8.35. The van der Waals surface area contributed by atoms with Crippen molar-refractivity contribution in [2.75, 3.05) is 37.5 Å². The molecule has 1 unspecified atom stereocenters. The zero-order valence-corrected chi connectivity index (χ0v) is 10.5. The summed E-state index contributed by atoms with van der Waals surface area (Å²) in [6.45, 7) is 4.41. The third-order valence-electron chi connectivity index (χ3n) is 2.74. The highest BCUT2D eigenvalue weighted by atomic mass is 16.5. The molecule has 4 nitrogen and oxygen atoms in total. The summed E-state index contributed by atoms with van der Waals surface area (Å²) in [5.41, 5.74) is 2.15. The summed E-state index contributed by atoms with van der Waals surface area (Å²) < 4.78 is 10.9. The molecule has 17 heavy (non-hydrogen) atoms. The second-order valence-electron chi connectivity index (χ2n) is 4.20. The molecule has 1 heterocycles. The number of rotatable bonds is 5. The molecule has 0 radical (unpaired) electrons. The molecule has 2 N–H and O–H groups in total. The second kappa shape index (κ2) is 5.77. The van der Waals surface area contributed by atoms with Gasteiger partial charge in [0.1, 0.15) is 11.4 Å². The van der Waals surface area contributed by atoms with Crippen molar-refractivity contribution in [2.24, 2.45) is 0 Å². The Hall–Kier alpha value is -1.42. The Kier molecular flexibility index (Phi) is 4.09. The number of hydrogen-bond donors (Lipinski definition) is 2. The number of benzene rings is 1. The summed E-state index contributed by atoms with van der Waals surface area (Å²) in [6, 6.07) is 6.38. The summed E-state index contributed by atoms with van der Waals surface area (Å²) >= 11 is 0. The van der Waals surface area contributed by atoms with Gasteiger partial charge in [0, 0.05) is 13.7 Å². The second-order valence-corrected chi connectivity index (χ2v) is 4.20. The molecule has 2 rings (SSSR count). The Morgan fingerprint density at radius 2 is 2.29 bits per heavy atom. The van der Waals surface area contributed by atoms with Crippen LogP contribution < -0.4 is 15.4 Å². The number of hydrogen-bond acceptors (Lipinski definition) is 4. The van der Waals surface area contributed by atoms with Gasteiger partial charge in [-0.05, 0) is 18.6 Å². The van der Waals surface area contributed by atoms with Gasteiger partial charge in [-0.3, -0.25) is 0 Å². The van der Waals surface area contributed by atoms with Crippen LogP contribution in [0.1, 0.15) is 13.3 Å². The summed E-state index contributed by atoms with van der Waals surface area (Å²) in [6.07, 6.45) is 1.02. The number of fused-ring (bicyclic) bond motifs is 1. The van der Waals surface area contributed by atoms with Crippen molar-refractivity contribution in [3.8, 4) is 5.75 Å². The Labute approximate surface area is 102 Å². The first-order valence-electron chi connectivity index (χ1n) is 6.10. The van der Waals surface area contributed by atoms with Crippen molar-refractivity contribution < 1.29 is 9.47 Å². The first-order valence-corrected chi connectivity index (χ1v) is 6.10. The van der Waals surface area contributed by atoms with Crippen molar-refractivity contribution in [3.05, 3.63) is 18.2 Å². The molecule has 1 aromatic rings. The van der Waals surface area contributed by atoms with Gasteiger partial charge in [-0.2, -0.15) is 0 Å². The van der Waals surface area contributed by atoms with Crippen LogP contribution in [-0.2, 0) is 4.74 Å². The predicted octanol–water partition coefficient (Wildman–Crippen LogP) is 2.33. The molecule has 1 aliphatic heterocycles. The lowest BCUT2D eigenvalue weighted by molar-refractivity contribution is 0.188. The van der Waals surface area contributed by atoms with E-state index in [2.05, 4.69) is 23.6 Å². The zero-order chi connectivity index (χ0) is 12.1. The van der Waals surface area contributed by atoms with Gasteiger partial charge in [0.05, 0.1) is 24.9 Å². The quantitative estimate of drug-likeness (QED) is 0.823. The molecule has 4 heteroatoms. The fourth-order valence-electron chi connectivity index (χ4n) is 1.96. The van der Waals surface area contributed by atoms with E-state index in [9.17, 15) is 0 Å². The van der Waals surface area contributed by atoms with Crippen molar-refractivity contribution >= 4 is 11.4 Å². The summed E-state index contributed by atoms with van der Waals surface area (Å²) in [5.74, 6) is 0.924. The Morgan fingerprint density at radius 1 is 1.41 bits per heavy atom. The molecule has 0 amide bonds. The van der Waals surface area contributed by atoms with E-state index in [1.807, 2.05) is 12.1 Å². The average Bonchev–Trinajstić information content (AvgIpc) is 2.36. The fourth-order valence-corrected chi connectivity index (χ4v) is 1.96. The van der Waals surface area contributed by atoms with Crippen molar-refractivity contribution in [1.29, 1.82) is 0 Å². The molecule has 0 aliphatic carbocycles. The van der Waals surface area contributed by atoms with E-state index in [-0.39, 0.29) is 0 Å². The van der Waals surface area contributed by atoms with Gasteiger partial charge in [-0.15, -0.1) is 0 Å². The smallest absolute Gasteiger partial charge is 0.144 e. The van der Waals surface area contributed by atoms with Gasteiger partial charge in [-0.1, -0.05) is 13.0 Å². The van der Waals surface area contributed by atoms with E-state index in [0.717, 1.165) is 36.7 Å². The molecule has 1 aromatic carbocycles. The van der Waals surface area contributed by atoms with Crippen molar-refractivity contribution in [1.82, 2.24) is 0 Å². The highest BCUT2D eigenvalue weighted by Crippen LogP contribution is 2.35. The molecule has 1 aliphatic rings. The molecule has 0 aromatic heterocycles. The van der Waals surface area contributed by atoms with Crippen LogP contribution in [0.3, 0.4) is 0 Å². The molecule has 1 atom stereocenters. The third-order valence-corrected chi connectivity index (χ3v) is 2.74. The lowest BCUT2D eigenvalue weighted by Crippen LogP contribution is -2.36. The number of ether oxygens (including phenoxy) is 2.